The summed E-state index contributed by atoms with van der Waals surface area (Å²) in [4.78, 5) is 27.6. The average molecular weight is 399 g/mol. The molecule has 1 fully saturated rings. The average Bonchev–Trinajstić information content (AvgIpc) is 3.00. The topological polar surface area (TPSA) is 77.8 Å². The summed E-state index contributed by atoms with van der Waals surface area (Å²) in [6.07, 6.45) is 0. The lowest BCUT2D eigenvalue weighted by molar-refractivity contribution is -0.132. The van der Waals surface area contributed by atoms with Crippen LogP contribution in [0.2, 0.25) is 0 Å². The largest absolute Gasteiger partial charge is 0.508 e. The predicted octanol–water partition coefficient (Wildman–Crippen LogP) is 4.64. The lowest BCUT2D eigenvalue weighted by Crippen LogP contribution is -2.30. The molecule has 1 amide bonds. The lowest BCUT2D eigenvalue weighted by atomic mass is 9.95. The van der Waals surface area contributed by atoms with Gasteiger partial charge in [-0.15, -0.1) is 0 Å². The van der Waals surface area contributed by atoms with Crippen LogP contribution in [-0.4, -0.2) is 21.9 Å². The molecule has 1 unspecified atom stereocenters. The zero-order valence-corrected chi connectivity index (χ0v) is 16.7. The number of ketones is 1. The third-order valence-electron chi connectivity index (χ3n) is 5.31. The second-order valence-corrected chi connectivity index (χ2v) is 7.42. The molecule has 0 spiro atoms. The first-order chi connectivity index (χ1) is 14.4. The highest BCUT2D eigenvalue weighted by Gasteiger charge is 2.47. The number of benzene rings is 3. The molecule has 30 heavy (non-hydrogen) atoms. The Bertz CT molecular complexity index is 1160. The molecule has 5 nitrogen and oxygen atoms in total. The van der Waals surface area contributed by atoms with Gasteiger partial charge in [0.15, 0.2) is 0 Å². The van der Waals surface area contributed by atoms with E-state index < -0.39 is 17.7 Å². The van der Waals surface area contributed by atoms with E-state index in [2.05, 4.69) is 0 Å². The molecule has 1 heterocycles. The third-order valence-corrected chi connectivity index (χ3v) is 5.31. The summed E-state index contributed by atoms with van der Waals surface area (Å²) in [5.74, 6) is -1.59. The van der Waals surface area contributed by atoms with Gasteiger partial charge in [0.2, 0.25) is 0 Å². The molecule has 1 aliphatic heterocycles. The SMILES string of the molecule is Cc1ccc(N2C(=O)C(=O)/C(=C(/O)c3ccccc3)C2c2ccc(O)cc2)c(C)c1. The molecular weight excluding hydrogens is 378 g/mol. The van der Waals surface area contributed by atoms with Crippen LogP contribution in [0.1, 0.15) is 28.3 Å². The number of phenolic OH excluding ortho intramolecular Hbond substituents is 1. The number of aliphatic hydroxyl groups excluding tert-OH is 1. The van der Waals surface area contributed by atoms with Crippen molar-refractivity contribution in [1.29, 1.82) is 0 Å². The van der Waals surface area contributed by atoms with Crippen LogP contribution in [0.3, 0.4) is 0 Å². The molecule has 0 aliphatic carbocycles. The number of hydrogen-bond donors (Lipinski definition) is 2. The Labute approximate surface area is 174 Å². The molecule has 0 bridgehead atoms. The number of aryl methyl sites for hydroxylation is 2. The first kappa shape index (κ1) is 19.5. The molecular formula is C25H21NO4. The summed E-state index contributed by atoms with van der Waals surface area (Å²) in [6, 6.07) is 19.8. The van der Waals surface area contributed by atoms with Gasteiger partial charge < -0.3 is 10.2 Å². The number of hydrogen-bond acceptors (Lipinski definition) is 4. The molecule has 0 radical (unpaired) electrons. The lowest BCUT2D eigenvalue weighted by Gasteiger charge is -2.27. The molecule has 150 valence electrons. The van der Waals surface area contributed by atoms with E-state index >= 15 is 0 Å². The first-order valence-electron chi connectivity index (χ1n) is 9.61. The number of carbonyl (C=O) groups excluding carboxylic acids is 2. The van der Waals surface area contributed by atoms with Gasteiger partial charge in [-0.1, -0.05) is 60.2 Å². The molecule has 2 N–H and O–H groups in total. The van der Waals surface area contributed by atoms with Gasteiger partial charge in [-0.05, 0) is 43.2 Å². The quantitative estimate of drug-likeness (QED) is 0.382. The van der Waals surface area contributed by atoms with Gasteiger partial charge in [0.1, 0.15) is 11.5 Å². The first-order valence-corrected chi connectivity index (χ1v) is 9.61. The number of phenols is 1. The van der Waals surface area contributed by atoms with Gasteiger partial charge in [0.25, 0.3) is 11.7 Å². The van der Waals surface area contributed by atoms with Gasteiger partial charge in [0.05, 0.1) is 11.6 Å². The highest BCUT2D eigenvalue weighted by Crippen LogP contribution is 2.43. The van der Waals surface area contributed by atoms with E-state index in [0.717, 1.165) is 11.1 Å². The highest BCUT2D eigenvalue weighted by molar-refractivity contribution is 6.51. The van der Waals surface area contributed by atoms with Crippen molar-refractivity contribution < 1.29 is 19.8 Å². The smallest absolute Gasteiger partial charge is 0.300 e. The Hall–Kier alpha value is -3.86. The van der Waals surface area contributed by atoms with Crippen molar-refractivity contribution >= 4 is 23.1 Å². The Kier molecular flexibility index (Phi) is 4.88. The fourth-order valence-corrected chi connectivity index (χ4v) is 3.88. The van der Waals surface area contributed by atoms with E-state index in [1.54, 1.807) is 36.4 Å². The van der Waals surface area contributed by atoms with Crippen LogP contribution >= 0.6 is 0 Å². The summed E-state index contributed by atoms with van der Waals surface area (Å²) in [7, 11) is 0. The maximum absolute atomic E-state index is 13.1. The fraction of sp³-hybridized carbons (Fsp3) is 0.120. The summed E-state index contributed by atoms with van der Waals surface area (Å²) in [5, 5.41) is 20.7. The molecule has 3 aromatic carbocycles. The Balaban J connectivity index is 1.97. The number of rotatable bonds is 3. The van der Waals surface area contributed by atoms with Gasteiger partial charge in [-0.3, -0.25) is 14.5 Å². The second-order valence-electron chi connectivity index (χ2n) is 7.42. The molecule has 3 aromatic rings. The van der Waals surface area contributed by atoms with Crippen LogP contribution < -0.4 is 4.90 Å². The van der Waals surface area contributed by atoms with Crippen LogP contribution in [0.15, 0.2) is 78.4 Å². The molecule has 1 saturated heterocycles. The van der Waals surface area contributed by atoms with Crippen molar-refractivity contribution in [3.05, 3.63) is 101 Å². The summed E-state index contributed by atoms with van der Waals surface area (Å²) < 4.78 is 0. The van der Waals surface area contributed by atoms with Crippen LogP contribution in [0.4, 0.5) is 5.69 Å². The number of anilines is 1. The van der Waals surface area contributed by atoms with E-state index in [-0.39, 0.29) is 17.1 Å². The van der Waals surface area contributed by atoms with Crippen molar-refractivity contribution in [2.75, 3.05) is 4.90 Å². The van der Waals surface area contributed by atoms with Crippen molar-refractivity contribution in [3.8, 4) is 5.75 Å². The van der Waals surface area contributed by atoms with Crippen molar-refractivity contribution in [3.63, 3.8) is 0 Å². The van der Waals surface area contributed by atoms with Crippen molar-refractivity contribution in [1.82, 2.24) is 0 Å². The van der Waals surface area contributed by atoms with Crippen LogP contribution in [0.5, 0.6) is 5.75 Å². The predicted molar refractivity (Wildman–Crippen MR) is 115 cm³/mol. The maximum atomic E-state index is 13.1. The standard InChI is InChI=1S/C25H21NO4/c1-15-8-13-20(16(2)14-15)26-22(17-9-11-19(27)12-10-17)21(24(29)25(26)30)23(28)18-6-4-3-5-7-18/h3-14,22,27-28H,1-2H3/b23-21+. The summed E-state index contributed by atoms with van der Waals surface area (Å²) >= 11 is 0. The summed E-state index contributed by atoms with van der Waals surface area (Å²) in [5.41, 5.74) is 3.59. The summed E-state index contributed by atoms with van der Waals surface area (Å²) in [6.45, 7) is 3.84. The minimum Gasteiger partial charge on any atom is -0.508 e. The maximum Gasteiger partial charge on any atom is 0.300 e. The van der Waals surface area contributed by atoms with Gasteiger partial charge >= 0.3 is 0 Å². The van der Waals surface area contributed by atoms with E-state index in [9.17, 15) is 19.8 Å². The molecule has 0 saturated carbocycles. The zero-order chi connectivity index (χ0) is 21.4. The molecule has 1 atom stereocenters. The van der Waals surface area contributed by atoms with Crippen molar-refractivity contribution in [2.45, 2.75) is 19.9 Å². The van der Waals surface area contributed by atoms with E-state index in [4.69, 9.17) is 0 Å². The monoisotopic (exact) mass is 399 g/mol. The fourth-order valence-electron chi connectivity index (χ4n) is 3.88. The van der Waals surface area contributed by atoms with E-state index in [1.807, 2.05) is 38.1 Å². The molecule has 5 heteroatoms. The number of nitrogens with zero attached hydrogens (tertiary/aromatic N) is 1. The van der Waals surface area contributed by atoms with E-state index in [1.165, 1.54) is 17.0 Å². The van der Waals surface area contributed by atoms with Crippen LogP contribution in [0, 0.1) is 13.8 Å². The van der Waals surface area contributed by atoms with Gasteiger partial charge in [0, 0.05) is 11.3 Å². The van der Waals surface area contributed by atoms with E-state index in [0.29, 0.717) is 16.8 Å². The number of Topliss-reactive ketones (excluding diaryl/α,β-unsaturated/α-hetero) is 1. The highest BCUT2D eigenvalue weighted by atomic mass is 16.3. The number of aromatic hydroxyl groups is 1. The molecule has 1 aliphatic rings. The zero-order valence-electron chi connectivity index (χ0n) is 16.7. The normalized spacial score (nSPS) is 18.1. The minimum absolute atomic E-state index is 0.0249. The van der Waals surface area contributed by atoms with Gasteiger partial charge in [-0.2, -0.15) is 0 Å². The number of amides is 1. The van der Waals surface area contributed by atoms with Crippen LogP contribution in [0.25, 0.3) is 5.76 Å². The molecule has 0 aromatic heterocycles. The van der Waals surface area contributed by atoms with Crippen LogP contribution in [-0.2, 0) is 9.59 Å². The Morgan fingerprint density at radius 3 is 2.20 bits per heavy atom. The minimum atomic E-state index is -0.813. The van der Waals surface area contributed by atoms with Gasteiger partial charge in [-0.25, -0.2) is 0 Å². The second kappa shape index (κ2) is 7.52. The Morgan fingerprint density at radius 1 is 0.900 bits per heavy atom. The molecule has 4 rings (SSSR count). The Morgan fingerprint density at radius 2 is 1.57 bits per heavy atom. The number of aliphatic hydroxyl groups is 1. The van der Waals surface area contributed by atoms with Crippen molar-refractivity contribution in [2.24, 2.45) is 0 Å². The number of carbonyl (C=O) groups is 2. The third kappa shape index (κ3) is 3.24.